The van der Waals surface area contributed by atoms with Crippen LogP contribution in [0, 0.1) is 5.41 Å². The lowest BCUT2D eigenvalue weighted by molar-refractivity contribution is 0.131. The molecule has 0 saturated carbocycles. The van der Waals surface area contributed by atoms with Crippen molar-refractivity contribution >= 4 is 9.76 Å². The summed E-state index contributed by atoms with van der Waals surface area (Å²) in [5.41, 5.74) is 0.540. The Bertz CT molecular complexity index is 360. The van der Waals surface area contributed by atoms with Gasteiger partial charge in [-0.3, -0.25) is 0 Å². The van der Waals surface area contributed by atoms with Crippen LogP contribution in [0.2, 0.25) is 6.04 Å². The van der Waals surface area contributed by atoms with Crippen LogP contribution < -0.4 is 0 Å². The Morgan fingerprint density at radius 3 is 1.30 bits per heavy atom. The van der Waals surface area contributed by atoms with Crippen LogP contribution in [0.5, 0.6) is 0 Å². The van der Waals surface area contributed by atoms with Gasteiger partial charge < -0.3 is 19.1 Å². The fraction of sp³-hybridized carbons (Fsp3) is 1.00. The summed E-state index contributed by atoms with van der Waals surface area (Å²) in [7, 11) is 6.35. The Morgan fingerprint density at radius 1 is 0.633 bits per heavy atom. The normalized spacial score (nSPS) is 13.6. The monoisotopic (exact) mass is 443 g/mol. The van der Waals surface area contributed by atoms with Crippen LogP contribution >= 0.6 is 0 Å². The first kappa shape index (κ1) is 30.1. The Balaban J connectivity index is 5.07. The highest BCUT2D eigenvalue weighted by atomic mass is 28.2. The number of hydrogen-bond acceptors (Lipinski definition) is 4. The molecule has 0 spiro atoms. The van der Waals surface area contributed by atoms with E-state index in [4.69, 9.17) is 4.43 Å². The van der Waals surface area contributed by atoms with Crippen molar-refractivity contribution in [3.63, 3.8) is 0 Å². The molecule has 0 aliphatic carbocycles. The third-order valence-corrected chi connectivity index (χ3v) is 8.46. The Morgan fingerprint density at radius 2 is 1.00 bits per heavy atom. The van der Waals surface area contributed by atoms with E-state index in [9.17, 15) is 0 Å². The Hall–Kier alpha value is 0.0569. The van der Waals surface area contributed by atoms with Gasteiger partial charge in [0.05, 0.1) is 0 Å². The molecule has 182 valence electrons. The molecule has 0 atom stereocenters. The quantitative estimate of drug-likeness (QED) is 0.209. The van der Waals surface area contributed by atoms with Crippen molar-refractivity contribution in [2.45, 2.75) is 98.1 Å². The van der Waals surface area contributed by atoms with Gasteiger partial charge in [0.15, 0.2) is 9.76 Å². The van der Waals surface area contributed by atoms with E-state index >= 15 is 0 Å². The molecule has 0 N–H and O–H groups in total. The van der Waals surface area contributed by atoms with Gasteiger partial charge in [0, 0.05) is 5.60 Å². The van der Waals surface area contributed by atoms with E-state index in [1.807, 2.05) is 0 Å². The third-order valence-electron chi connectivity index (χ3n) is 6.75. The standard InChI is InChI=1S/C25H57N3OSi/c1-10-26(7)20-13-16-25(17-14-21-27(8)11-2,18-15-22-28(9)12-3)19-23-30-29-24(4,5)6/h10-23,30H2,1-9H3. The van der Waals surface area contributed by atoms with E-state index in [0.717, 1.165) is 19.6 Å². The molecule has 0 aliphatic heterocycles. The van der Waals surface area contributed by atoms with Crippen molar-refractivity contribution in [2.75, 3.05) is 60.4 Å². The topological polar surface area (TPSA) is 19.0 Å². The summed E-state index contributed by atoms with van der Waals surface area (Å²) >= 11 is 0. The molecule has 0 radical (unpaired) electrons. The van der Waals surface area contributed by atoms with Crippen molar-refractivity contribution in [1.82, 2.24) is 14.7 Å². The number of hydrogen-bond donors (Lipinski definition) is 0. The zero-order chi connectivity index (χ0) is 23.0. The number of rotatable bonds is 19. The Labute approximate surface area is 193 Å². The van der Waals surface area contributed by atoms with Crippen LogP contribution in [0.15, 0.2) is 0 Å². The molecule has 0 amide bonds. The first-order valence-corrected chi connectivity index (χ1v) is 14.3. The maximum Gasteiger partial charge on any atom is 0.162 e. The molecule has 0 bridgehead atoms. The fourth-order valence-corrected chi connectivity index (χ4v) is 5.87. The molecule has 0 rings (SSSR count). The van der Waals surface area contributed by atoms with Crippen molar-refractivity contribution in [2.24, 2.45) is 5.41 Å². The molecule has 0 aromatic rings. The van der Waals surface area contributed by atoms with Gasteiger partial charge in [0.1, 0.15) is 0 Å². The van der Waals surface area contributed by atoms with E-state index < -0.39 is 9.76 Å². The second-order valence-corrected chi connectivity index (χ2v) is 12.0. The summed E-state index contributed by atoms with van der Waals surface area (Å²) in [5.74, 6) is 0. The second-order valence-electron chi connectivity index (χ2n) is 10.6. The lowest BCUT2D eigenvalue weighted by Crippen LogP contribution is -2.29. The van der Waals surface area contributed by atoms with Gasteiger partial charge in [0.2, 0.25) is 0 Å². The summed E-state index contributed by atoms with van der Waals surface area (Å²) in [6, 6.07) is 1.33. The second kappa shape index (κ2) is 16.7. The summed E-state index contributed by atoms with van der Waals surface area (Å²) < 4.78 is 6.22. The highest BCUT2D eigenvalue weighted by Gasteiger charge is 2.29. The van der Waals surface area contributed by atoms with Crippen LogP contribution in [0.1, 0.15) is 86.5 Å². The minimum absolute atomic E-state index is 0.0341. The van der Waals surface area contributed by atoms with E-state index in [0.29, 0.717) is 5.41 Å². The molecular formula is C25H57N3OSi. The molecule has 0 aromatic heterocycles. The Kier molecular flexibility index (Phi) is 16.7. The maximum absolute atomic E-state index is 6.22. The summed E-state index contributed by atoms with van der Waals surface area (Å²) in [6.45, 7) is 20.6. The van der Waals surface area contributed by atoms with Crippen LogP contribution in [0.4, 0.5) is 0 Å². The van der Waals surface area contributed by atoms with E-state index in [2.05, 4.69) is 77.4 Å². The maximum atomic E-state index is 6.22. The molecule has 0 fully saturated rings. The zero-order valence-electron chi connectivity index (χ0n) is 22.4. The summed E-state index contributed by atoms with van der Waals surface area (Å²) in [5, 5.41) is 0. The summed E-state index contributed by atoms with van der Waals surface area (Å²) in [6.07, 6.45) is 9.52. The molecule has 0 aliphatic rings. The van der Waals surface area contributed by atoms with E-state index in [1.165, 1.54) is 70.6 Å². The molecular weight excluding hydrogens is 386 g/mol. The minimum atomic E-state index is -0.434. The molecule has 5 heteroatoms. The zero-order valence-corrected chi connectivity index (χ0v) is 23.8. The van der Waals surface area contributed by atoms with Gasteiger partial charge in [-0.15, -0.1) is 0 Å². The molecule has 0 heterocycles. The van der Waals surface area contributed by atoms with Crippen molar-refractivity contribution in [1.29, 1.82) is 0 Å². The average Bonchev–Trinajstić information content (AvgIpc) is 2.69. The minimum Gasteiger partial charge on any atom is -0.419 e. The van der Waals surface area contributed by atoms with Crippen molar-refractivity contribution in [3.8, 4) is 0 Å². The third kappa shape index (κ3) is 15.8. The van der Waals surface area contributed by atoms with Gasteiger partial charge in [-0.25, -0.2) is 0 Å². The smallest absolute Gasteiger partial charge is 0.162 e. The largest absolute Gasteiger partial charge is 0.419 e. The van der Waals surface area contributed by atoms with Crippen LogP contribution in [0.3, 0.4) is 0 Å². The molecule has 4 nitrogen and oxygen atoms in total. The molecule has 30 heavy (non-hydrogen) atoms. The first-order chi connectivity index (χ1) is 14.1. The lowest BCUT2D eigenvalue weighted by atomic mass is 9.73. The van der Waals surface area contributed by atoms with E-state index in [-0.39, 0.29) is 5.60 Å². The van der Waals surface area contributed by atoms with Crippen LogP contribution in [-0.4, -0.2) is 90.5 Å². The average molecular weight is 444 g/mol. The first-order valence-electron chi connectivity index (χ1n) is 12.8. The number of nitrogens with zero attached hydrogens (tertiary/aromatic N) is 3. The molecule has 0 unspecified atom stereocenters. The predicted octanol–water partition coefficient (Wildman–Crippen LogP) is 4.88. The van der Waals surface area contributed by atoms with Gasteiger partial charge >= 0.3 is 0 Å². The van der Waals surface area contributed by atoms with Gasteiger partial charge in [-0.1, -0.05) is 20.8 Å². The lowest BCUT2D eigenvalue weighted by Gasteiger charge is -2.36. The van der Waals surface area contributed by atoms with Gasteiger partial charge in [0.25, 0.3) is 0 Å². The van der Waals surface area contributed by atoms with Gasteiger partial charge in [-0.05, 0) is 138 Å². The fourth-order valence-electron chi connectivity index (χ4n) is 4.22. The SMILES string of the molecule is CCN(C)CCCC(CCCN(C)CC)(CCCN(C)CC)CC[SiH2]OC(C)(C)C. The van der Waals surface area contributed by atoms with Crippen molar-refractivity contribution in [3.05, 3.63) is 0 Å². The highest BCUT2D eigenvalue weighted by Crippen LogP contribution is 2.40. The van der Waals surface area contributed by atoms with Gasteiger partial charge in [-0.2, -0.15) is 0 Å². The van der Waals surface area contributed by atoms with Crippen LogP contribution in [-0.2, 0) is 4.43 Å². The van der Waals surface area contributed by atoms with Crippen LogP contribution in [0.25, 0.3) is 0 Å². The van der Waals surface area contributed by atoms with Crippen molar-refractivity contribution < 1.29 is 4.43 Å². The molecule has 0 saturated heterocycles. The molecule has 0 aromatic carbocycles. The highest BCUT2D eigenvalue weighted by molar-refractivity contribution is 6.27. The predicted molar refractivity (Wildman–Crippen MR) is 138 cm³/mol. The summed E-state index contributed by atoms with van der Waals surface area (Å²) in [4.78, 5) is 7.41. The van der Waals surface area contributed by atoms with E-state index in [1.54, 1.807) is 0 Å².